The summed E-state index contributed by atoms with van der Waals surface area (Å²) < 4.78 is 14.2. The molecule has 1 aliphatic rings. The van der Waals surface area contributed by atoms with E-state index in [1.54, 1.807) is 0 Å². The summed E-state index contributed by atoms with van der Waals surface area (Å²) >= 11 is 0. The van der Waals surface area contributed by atoms with Crippen molar-refractivity contribution in [1.82, 2.24) is 13.7 Å². The molecule has 0 N–H and O–H groups in total. The van der Waals surface area contributed by atoms with Gasteiger partial charge in [-0.3, -0.25) is 0 Å². The Hall–Kier alpha value is -9.12. The lowest BCUT2D eigenvalue weighted by molar-refractivity contribution is 0.670. The number of rotatable bonds is 6. The Bertz CT molecular complexity index is 4520. The van der Waals surface area contributed by atoms with Crippen molar-refractivity contribution >= 4 is 93.1 Å². The second-order valence-electron chi connectivity index (χ2n) is 18.7. The molecule has 0 unspecified atom stereocenters. The zero-order valence-electron chi connectivity index (χ0n) is 38.2. The van der Waals surface area contributed by atoms with Gasteiger partial charge in [0.15, 0.2) is 0 Å². The smallest absolute Gasteiger partial charge is 0.143 e. The molecule has 4 heteroatoms. The van der Waals surface area contributed by atoms with Gasteiger partial charge >= 0.3 is 0 Å². The molecular formula is C66H43N3O. The Kier molecular flexibility index (Phi) is 8.45. The molecule has 0 aliphatic heterocycles. The molecule has 0 saturated heterocycles. The van der Waals surface area contributed by atoms with Crippen LogP contribution in [-0.2, 0) is 0 Å². The number of allylic oxidation sites excluding steroid dienone is 4. The minimum Gasteiger partial charge on any atom is -0.455 e. The van der Waals surface area contributed by atoms with Crippen molar-refractivity contribution in [3.05, 3.63) is 237 Å². The molecule has 0 spiro atoms. The van der Waals surface area contributed by atoms with Crippen molar-refractivity contribution in [3.8, 4) is 44.8 Å². The summed E-state index contributed by atoms with van der Waals surface area (Å²) in [5, 5.41) is 9.58. The number of aromatic nitrogens is 3. The van der Waals surface area contributed by atoms with E-state index in [1.165, 1.54) is 76.7 Å². The second-order valence-corrected chi connectivity index (χ2v) is 18.7. The number of para-hydroxylation sites is 5. The summed E-state index contributed by atoms with van der Waals surface area (Å²) in [5.41, 5.74) is 19.3. The fourth-order valence-corrected chi connectivity index (χ4v) is 11.6. The van der Waals surface area contributed by atoms with Gasteiger partial charge in [-0.1, -0.05) is 127 Å². The first-order chi connectivity index (χ1) is 34.7. The average Bonchev–Trinajstić information content (AvgIpc) is 4.17. The second kappa shape index (κ2) is 15.2. The molecule has 70 heavy (non-hydrogen) atoms. The van der Waals surface area contributed by atoms with Crippen LogP contribution in [0.15, 0.2) is 241 Å². The lowest BCUT2D eigenvalue weighted by Crippen LogP contribution is -1.96. The number of nitrogens with zero attached hydrogens (tertiary/aromatic N) is 3. The third-order valence-electron chi connectivity index (χ3n) is 14.8. The van der Waals surface area contributed by atoms with Crippen LogP contribution in [0.5, 0.6) is 0 Å². The van der Waals surface area contributed by atoms with Gasteiger partial charge in [-0.2, -0.15) is 0 Å². The van der Waals surface area contributed by atoms with E-state index in [2.05, 4.69) is 250 Å². The Balaban J connectivity index is 0.956. The molecular weight excluding hydrogens is 851 g/mol. The maximum atomic E-state index is 7.05. The van der Waals surface area contributed by atoms with Crippen molar-refractivity contribution in [2.45, 2.75) is 12.8 Å². The molecule has 0 saturated carbocycles. The van der Waals surface area contributed by atoms with E-state index in [9.17, 15) is 0 Å². The fourth-order valence-electron chi connectivity index (χ4n) is 11.6. The summed E-state index contributed by atoms with van der Waals surface area (Å²) in [6.07, 6.45) is 9.07. The van der Waals surface area contributed by atoms with Gasteiger partial charge in [-0.25, -0.2) is 0 Å². The quantitative estimate of drug-likeness (QED) is 0.163. The first kappa shape index (κ1) is 38.9. The van der Waals surface area contributed by atoms with Crippen LogP contribution in [0.1, 0.15) is 12.8 Å². The maximum Gasteiger partial charge on any atom is 0.143 e. The Morgan fingerprint density at radius 3 is 1.33 bits per heavy atom. The van der Waals surface area contributed by atoms with Crippen molar-refractivity contribution in [2.75, 3.05) is 0 Å². The van der Waals surface area contributed by atoms with Gasteiger partial charge in [0.2, 0.25) is 0 Å². The first-order valence-corrected chi connectivity index (χ1v) is 24.3. The number of fused-ring (bicyclic) bond motifs is 12. The van der Waals surface area contributed by atoms with Gasteiger partial charge in [-0.15, -0.1) is 0 Å². The molecule has 0 radical (unpaired) electrons. The van der Waals surface area contributed by atoms with Gasteiger partial charge in [0.05, 0.1) is 33.1 Å². The van der Waals surface area contributed by atoms with Gasteiger partial charge in [-0.05, 0) is 150 Å². The molecule has 328 valence electrons. The van der Waals surface area contributed by atoms with E-state index in [0.29, 0.717) is 0 Å². The lowest BCUT2D eigenvalue weighted by Gasteiger charge is -2.12. The average molecular weight is 894 g/mol. The van der Waals surface area contributed by atoms with E-state index < -0.39 is 0 Å². The van der Waals surface area contributed by atoms with E-state index in [4.69, 9.17) is 4.42 Å². The molecule has 4 aromatic heterocycles. The maximum absolute atomic E-state index is 7.05. The van der Waals surface area contributed by atoms with Crippen LogP contribution < -0.4 is 0 Å². The zero-order chi connectivity index (χ0) is 45.9. The van der Waals surface area contributed by atoms with Gasteiger partial charge < -0.3 is 18.1 Å². The molecule has 10 aromatic carbocycles. The van der Waals surface area contributed by atoms with Crippen LogP contribution in [0, 0.1) is 0 Å². The van der Waals surface area contributed by atoms with Gasteiger partial charge in [0.25, 0.3) is 0 Å². The highest BCUT2D eigenvalue weighted by molar-refractivity contribution is 6.17. The molecule has 0 amide bonds. The van der Waals surface area contributed by atoms with Crippen LogP contribution >= 0.6 is 0 Å². The summed E-state index contributed by atoms with van der Waals surface area (Å²) in [6.45, 7) is 0. The zero-order valence-corrected chi connectivity index (χ0v) is 38.2. The molecule has 1 aliphatic carbocycles. The van der Waals surface area contributed by atoms with Crippen LogP contribution in [0.25, 0.3) is 138 Å². The number of furan rings is 1. The summed E-state index contributed by atoms with van der Waals surface area (Å²) in [4.78, 5) is 0. The van der Waals surface area contributed by atoms with Gasteiger partial charge in [0.1, 0.15) is 11.2 Å². The van der Waals surface area contributed by atoms with Crippen molar-refractivity contribution in [2.24, 2.45) is 0 Å². The third kappa shape index (κ3) is 5.83. The topological polar surface area (TPSA) is 27.9 Å². The van der Waals surface area contributed by atoms with E-state index in [0.717, 1.165) is 74.0 Å². The summed E-state index contributed by atoms with van der Waals surface area (Å²) in [7, 11) is 0. The summed E-state index contributed by atoms with van der Waals surface area (Å²) in [6, 6.07) is 80.0. The predicted octanol–water partition coefficient (Wildman–Crippen LogP) is 18.1. The van der Waals surface area contributed by atoms with Crippen molar-refractivity contribution in [3.63, 3.8) is 0 Å². The molecule has 0 atom stereocenters. The highest BCUT2D eigenvalue weighted by atomic mass is 16.3. The first-order valence-electron chi connectivity index (χ1n) is 24.3. The molecule has 14 aromatic rings. The largest absolute Gasteiger partial charge is 0.455 e. The third-order valence-corrected chi connectivity index (χ3v) is 14.8. The lowest BCUT2D eigenvalue weighted by atomic mass is 9.93. The van der Waals surface area contributed by atoms with Crippen LogP contribution in [0.2, 0.25) is 0 Å². The van der Waals surface area contributed by atoms with Crippen molar-refractivity contribution < 1.29 is 4.42 Å². The van der Waals surface area contributed by atoms with Crippen LogP contribution in [0.3, 0.4) is 0 Å². The Morgan fingerprint density at radius 2 is 0.757 bits per heavy atom. The SMILES string of the molecule is C1=CC(n2c3ccccc3c3cc(-c4ccc5oc6c(-c7ccc8c(c7)c7ccccc7n8-c7ccccc7)cc(-c7ccc8c(c7)c7ccccc7n8-c7ccccc7)cc6c5c4)ccc32)=CCC1. The molecule has 15 rings (SSSR count). The van der Waals surface area contributed by atoms with Crippen LogP contribution in [0.4, 0.5) is 0 Å². The predicted molar refractivity (Wildman–Crippen MR) is 294 cm³/mol. The molecule has 4 heterocycles. The monoisotopic (exact) mass is 893 g/mol. The molecule has 0 fully saturated rings. The van der Waals surface area contributed by atoms with E-state index >= 15 is 0 Å². The normalized spacial score (nSPS) is 13.1. The van der Waals surface area contributed by atoms with Gasteiger partial charge in [0, 0.05) is 65.7 Å². The van der Waals surface area contributed by atoms with E-state index in [-0.39, 0.29) is 0 Å². The van der Waals surface area contributed by atoms with Crippen molar-refractivity contribution in [1.29, 1.82) is 0 Å². The Labute approximate surface area is 403 Å². The fraction of sp³-hybridized carbons (Fsp3) is 0.0303. The van der Waals surface area contributed by atoms with E-state index in [1.807, 2.05) is 0 Å². The number of hydrogen-bond donors (Lipinski definition) is 0. The minimum absolute atomic E-state index is 0.869. The van der Waals surface area contributed by atoms with Crippen LogP contribution in [-0.4, -0.2) is 13.7 Å². The molecule has 0 bridgehead atoms. The standard InChI is InChI=1S/C66H43N3O/c1-4-16-47(17-5-1)67-59-25-13-10-22-50(59)54-36-42(28-32-62(54)67)43-31-35-65-57(38-43)58-41-46(44-29-33-63-55(37-44)51-23-11-14-26-60(51)68(63)48-18-6-2-7-19-48)40-53(66(58)70-65)45-30-34-64-56(39-45)52-24-12-15-27-61(52)69(64)49-20-8-3-9-21-49/h2-4,6-41H,1,5H2. The molecule has 4 nitrogen and oxygen atoms in total. The Morgan fingerprint density at radius 1 is 0.314 bits per heavy atom. The summed E-state index contributed by atoms with van der Waals surface area (Å²) in [5.74, 6) is 0. The highest BCUT2D eigenvalue weighted by Gasteiger charge is 2.21. The number of hydrogen-bond acceptors (Lipinski definition) is 1. The highest BCUT2D eigenvalue weighted by Crippen LogP contribution is 2.45. The minimum atomic E-state index is 0.869. The number of benzene rings is 10.